The Balaban J connectivity index is 1.48. The molecule has 1 fully saturated rings. The molecule has 196 valence electrons. The van der Waals surface area contributed by atoms with Crippen molar-refractivity contribution in [3.05, 3.63) is 136 Å². The first kappa shape index (κ1) is 26.7. The molecule has 1 aliphatic heterocycles. The van der Waals surface area contributed by atoms with Crippen molar-refractivity contribution in [3.63, 3.8) is 0 Å². The molecule has 9 heteroatoms. The number of amidine groups is 1. The van der Waals surface area contributed by atoms with Gasteiger partial charge in [-0.05, 0) is 59.3 Å². The molecule has 4 aromatic rings. The lowest BCUT2D eigenvalue weighted by molar-refractivity contribution is -0.122. The second-order valence-electron chi connectivity index (χ2n) is 8.60. The zero-order valence-electron chi connectivity index (χ0n) is 20.6. The molecule has 1 saturated heterocycles. The van der Waals surface area contributed by atoms with E-state index in [0.29, 0.717) is 33.7 Å². The molecule has 0 bridgehead atoms. The highest BCUT2D eigenvalue weighted by Crippen LogP contribution is 2.36. The molecular formula is C30H23ClN2O4S2. The number of nitrogens with zero attached hydrogens (tertiary/aromatic N) is 2. The molecule has 1 aliphatic rings. The van der Waals surface area contributed by atoms with E-state index in [9.17, 15) is 13.2 Å². The van der Waals surface area contributed by atoms with E-state index >= 15 is 0 Å². The van der Waals surface area contributed by atoms with Crippen LogP contribution in [0.4, 0.5) is 0 Å². The lowest BCUT2D eigenvalue weighted by atomic mass is 10.1. The van der Waals surface area contributed by atoms with Gasteiger partial charge in [-0.2, -0.15) is 8.42 Å². The van der Waals surface area contributed by atoms with Crippen LogP contribution in [0.15, 0.2) is 124 Å². The van der Waals surface area contributed by atoms with E-state index in [-0.39, 0.29) is 16.6 Å². The number of thioether (sulfide) groups is 1. The molecule has 0 aliphatic carbocycles. The Hall–Kier alpha value is -3.85. The predicted octanol–water partition coefficient (Wildman–Crippen LogP) is 6.78. The smallest absolute Gasteiger partial charge is 0.339 e. The molecule has 39 heavy (non-hydrogen) atoms. The number of benzene rings is 4. The molecule has 0 unspecified atom stereocenters. The van der Waals surface area contributed by atoms with Crippen LogP contribution in [0.25, 0.3) is 6.08 Å². The van der Waals surface area contributed by atoms with Crippen LogP contribution < -0.4 is 4.18 Å². The van der Waals surface area contributed by atoms with E-state index in [2.05, 4.69) is 0 Å². The number of hydrogen-bond acceptors (Lipinski definition) is 6. The first-order valence-corrected chi connectivity index (χ1v) is 14.6. The Morgan fingerprint density at radius 2 is 1.46 bits per heavy atom. The van der Waals surface area contributed by atoms with Crippen molar-refractivity contribution in [1.82, 2.24) is 4.90 Å². The summed E-state index contributed by atoms with van der Waals surface area (Å²) < 4.78 is 31.3. The minimum Gasteiger partial charge on any atom is -0.378 e. The fraction of sp³-hybridized carbons (Fsp3) is 0.0667. The van der Waals surface area contributed by atoms with Crippen molar-refractivity contribution in [3.8, 4) is 5.75 Å². The molecule has 0 aromatic heterocycles. The van der Waals surface area contributed by atoms with Gasteiger partial charge >= 0.3 is 10.1 Å². The number of amides is 1. The standard InChI is InChI=1S/C30H23ClN2O4S2/c31-25-16-17-27(37-39(35,36)26-14-8-3-9-15-26)24(18-25)19-28-29(34)33(21-23-12-6-2-7-13-23)30(38-28)32-20-22-10-4-1-5-11-22/h1-19H,20-21H2/b28-19+,32-30?. The van der Waals surface area contributed by atoms with Crippen LogP contribution in [0.1, 0.15) is 16.7 Å². The molecule has 1 heterocycles. The largest absolute Gasteiger partial charge is 0.378 e. The van der Waals surface area contributed by atoms with Crippen LogP contribution >= 0.6 is 23.4 Å². The maximum Gasteiger partial charge on any atom is 0.339 e. The second-order valence-corrected chi connectivity index (χ2v) is 11.6. The van der Waals surface area contributed by atoms with Gasteiger partial charge < -0.3 is 4.18 Å². The number of halogens is 1. The summed E-state index contributed by atoms with van der Waals surface area (Å²) in [5.41, 5.74) is 2.34. The highest BCUT2D eigenvalue weighted by Gasteiger charge is 2.33. The third kappa shape index (κ3) is 6.60. The van der Waals surface area contributed by atoms with Crippen molar-refractivity contribution >= 4 is 50.6 Å². The Kier molecular flexibility index (Phi) is 8.16. The summed E-state index contributed by atoms with van der Waals surface area (Å²) in [6.07, 6.45) is 1.59. The first-order valence-electron chi connectivity index (χ1n) is 12.0. The molecule has 0 spiro atoms. The Labute approximate surface area is 236 Å². The third-order valence-corrected chi connectivity index (χ3v) is 8.33. The molecule has 4 aromatic carbocycles. The molecule has 5 rings (SSSR count). The number of hydrogen-bond donors (Lipinski definition) is 0. The van der Waals surface area contributed by atoms with Crippen LogP contribution in [-0.2, 0) is 28.0 Å². The van der Waals surface area contributed by atoms with Crippen LogP contribution in [0.2, 0.25) is 5.02 Å². The molecule has 0 saturated carbocycles. The zero-order chi connectivity index (χ0) is 27.2. The van der Waals surface area contributed by atoms with Crippen LogP contribution in [0.3, 0.4) is 0 Å². The normalized spacial score (nSPS) is 15.7. The fourth-order valence-electron chi connectivity index (χ4n) is 3.88. The first-order chi connectivity index (χ1) is 18.9. The summed E-state index contributed by atoms with van der Waals surface area (Å²) in [4.78, 5) is 20.4. The molecular weight excluding hydrogens is 552 g/mol. The number of rotatable bonds is 8. The van der Waals surface area contributed by atoms with Crippen molar-refractivity contribution in [1.29, 1.82) is 0 Å². The monoisotopic (exact) mass is 574 g/mol. The maximum absolute atomic E-state index is 13.6. The summed E-state index contributed by atoms with van der Waals surface area (Å²) in [5, 5.41) is 0.932. The predicted molar refractivity (Wildman–Crippen MR) is 156 cm³/mol. The van der Waals surface area contributed by atoms with Gasteiger partial charge in [-0.1, -0.05) is 90.5 Å². The molecule has 0 N–H and O–H groups in total. The van der Waals surface area contributed by atoms with Crippen molar-refractivity contribution in [2.75, 3.05) is 0 Å². The summed E-state index contributed by atoms with van der Waals surface area (Å²) in [6.45, 7) is 0.759. The SMILES string of the molecule is O=C1/C(=C\c2cc(Cl)ccc2OS(=O)(=O)c2ccccc2)SC(=NCc2ccccc2)N1Cc1ccccc1. The quantitative estimate of drug-likeness (QED) is 0.171. The number of carbonyl (C=O) groups excluding carboxylic acids is 1. The summed E-state index contributed by atoms with van der Waals surface area (Å²) in [7, 11) is -4.10. The van der Waals surface area contributed by atoms with Crippen molar-refractivity contribution in [2.24, 2.45) is 4.99 Å². The van der Waals surface area contributed by atoms with E-state index in [1.54, 1.807) is 35.2 Å². The highest BCUT2D eigenvalue weighted by molar-refractivity contribution is 8.18. The third-order valence-electron chi connectivity index (χ3n) is 5.80. The minimum absolute atomic E-state index is 0.0224. The van der Waals surface area contributed by atoms with E-state index in [1.807, 2.05) is 60.7 Å². The number of carbonyl (C=O) groups is 1. The number of aliphatic imine (C=N–C) groups is 1. The van der Waals surface area contributed by atoms with Gasteiger partial charge in [0.2, 0.25) is 0 Å². The van der Waals surface area contributed by atoms with Gasteiger partial charge in [-0.25, -0.2) is 0 Å². The van der Waals surface area contributed by atoms with Gasteiger partial charge in [0.25, 0.3) is 5.91 Å². The lowest BCUT2D eigenvalue weighted by Gasteiger charge is -2.15. The van der Waals surface area contributed by atoms with E-state index in [4.69, 9.17) is 20.8 Å². The topological polar surface area (TPSA) is 76.0 Å². The van der Waals surface area contributed by atoms with E-state index in [0.717, 1.165) is 11.1 Å². The van der Waals surface area contributed by atoms with Gasteiger partial charge in [-0.15, -0.1) is 0 Å². The average Bonchev–Trinajstić information content (AvgIpc) is 3.24. The zero-order valence-corrected chi connectivity index (χ0v) is 23.0. The lowest BCUT2D eigenvalue weighted by Crippen LogP contribution is -2.28. The molecule has 1 amide bonds. The van der Waals surface area contributed by atoms with Crippen molar-refractivity contribution < 1.29 is 17.4 Å². The summed E-state index contributed by atoms with van der Waals surface area (Å²) in [5.74, 6) is -0.180. The average molecular weight is 575 g/mol. The summed E-state index contributed by atoms with van der Waals surface area (Å²) >= 11 is 7.48. The van der Waals surface area contributed by atoms with Gasteiger partial charge in [0.15, 0.2) is 5.17 Å². The molecule has 0 atom stereocenters. The van der Waals surface area contributed by atoms with Gasteiger partial charge in [-0.3, -0.25) is 14.7 Å². The second kappa shape index (κ2) is 11.9. The van der Waals surface area contributed by atoms with Gasteiger partial charge in [0, 0.05) is 10.6 Å². The van der Waals surface area contributed by atoms with Crippen LogP contribution in [0, 0.1) is 0 Å². The minimum atomic E-state index is -4.10. The fourth-order valence-corrected chi connectivity index (χ4v) is 6.00. The maximum atomic E-state index is 13.6. The molecule has 6 nitrogen and oxygen atoms in total. The van der Waals surface area contributed by atoms with E-state index < -0.39 is 10.1 Å². The van der Waals surface area contributed by atoms with E-state index in [1.165, 1.54) is 36.0 Å². The summed E-state index contributed by atoms with van der Waals surface area (Å²) in [6, 6.07) is 31.9. The van der Waals surface area contributed by atoms with Gasteiger partial charge in [0.05, 0.1) is 18.0 Å². The van der Waals surface area contributed by atoms with Crippen LogP contribution in [0.5, 0.6) is 5.75 Å². The van der Waals surface area contributed by atoms with Gasteiger partial charge in [0.1, 0.15) is 10.6 Å². The Morgan fingerprint density at radius 3 is 2.13 bits per heavy atom. The Bertz CT molecular complexity index is 1640. The van der Waals surface area contributed by atoms with Crippen LogP contribution in [-0.4, -0.2) is 24.4 Å². The Morgan fingerprint density at radius 1 is 0.846 bits per heavy atom. The highest BCUT2D eigenvalue weighted by atomic mass is 35.5. The van der Waals surface area contributed by atoms with Crippen molar-refractivity contribution in [2.45, 2.75) is 18.0 Å². The molecule has 0 radical (unpaired) electrons.